The Bertz CT molecular complexity index is 1210. The Hall–Kier alpha value is -3.45. The Morgan fingerprint density at radius 2 is 1.53 bits per heavy atom. The fraction of sp³-hybridized carbons (Fsp3) is 0.120. The van der Waals surface area contributed by atoms with Crippen LogP contribution in [0.3, 0.4) is 0 Å². The summed E-state index contributed by atoms with van der Waals surface area (Å²) in [6.07, 6.45) is -4.42. The minimum absolute atomic E-state index is 0.182. The number of alkyl halides is 3. The van der Waals surface area contributed by atoms with Crippen LogP contribution < -0.4 is 5.32 Å². The fourth-order valence-corrected chi connectivity index (χ4v) is 3.96. The second-order valence-electron chi connectivity index (χ2n) is 7.36. The molecule has 1 N–H and O–H groups in total. The second kappa shape index (κ2) is 8.96. The summed E-state index contributed by atoms with van der Waals surface area (Å²) in [5.74, 6) is -0.425. The molecular weight excluding hydrogens is 433 g/mol. The predicted octanol–water partition coefficient (Wildman–Crippen LogP) is 6.73. The molecule has 3 aromatic carbocycles. The highest BCUT2D eigenvalue weighted by molar-refractivity contribution is 7.13. The van der Waals surface area contributed by atoms with E-state index in [-0.39, 0.29) is 12.1 Å². The molecule has 0 saturated heterocycles. The lowest BCUT2D eigenvalue weighted by atomic mass is 10.1. The van der Waals surface area contributed by atoms with Gasteiger partial charge < -0.3 is 5.32 Å². The van der Waals surface area contributed by atoms with Crippen molar-refractivity contribution in [1.82, 2.24) is 10.3 Å². The number of thiazole rings is 1. The van der Waals surface area contributed by atoms with Gasteiger partial charge in [0.05, 0.1) is 11.3 Å². The van der Waals surface area contributed by atoms with Crippen molar-refractivity contribution in [2.45, 2.75) is 19.6 Å². The average Bonchev–Trinajstić information content (AvgIpc) is 3.28. The SMILES string of the molecule is Cc1ccc(-c2csc(-c3ccc(CNC(=O)c4ccc(C(F)(F)F)cc4)cc3)n2)cc1. The van der Waals surface area contributed by atoms with Crippen molar-refractivity contribution in [3.05, 3.63) is 100 Å². The largest absolute Gasteiger partial charge is 0.416 e. The van der Waals surface area contributed by atoms with Gasteiger partial charge in [-0.2, -0.15) is 13.2 Å². The normalized spacial score (nSPS) is 11.4. The molecule has 0 atom stereocenters. The standard InChI is InChI=1S/C25H19F3N2OS/c1-16-2-6-18(7-3-16)22-15-32-24(30-22)20-8-4-17(5-9-20)14-29-23(31)19-10-12-21(13-11-19)25(26,27)28/h2-13,15H,14H2,1H3,(H,29,31). The Morgan fingerprint density at radius 1 is 0.906 bits per heavy atom. The first kappa shape index (κ1) is 21.8. The summed E-state index contributed by atoms with van der Waals surface area (Å²) < 4.78 is 37.9. The van der Waals surface area contributed by atoms with Crippen molar-refractivity contribution in [1.29, 1.82) is 0 Å². The van der Waals surface area contributed by atoms with Crippen LogP contribution in [0.2, 0.25) is 0 Å². The molecule has 4 aromatic rings. The number of hydrogen-bond acceptors (Lipinski definition) is 3. The summed E-state index contributed by atoms with van der Waals surface area (Å²) in [4.78, 5) is 16.9. The number of aromatic nitrogens is 1. The lowest BCUT2D eigenvalue weighted by Gasteiger charge is -2.09. The quantitative estimate of drug-likeness (QED) is 0.365. The summed E-state index contributed by atoms with van der Waals surface area (Å²) in [6.45, 7) is 2.32. The average molecular weight is 453 g/mol. The zero-order valence-electron chi connectivity index (χ0n) is 17.1. The van der Waals surface area contributed by atoms with Gasteiger partial charge in [0.15, 0.2) is 0 Å². The summed E-state index contributed by atoms with van der Waals surface area (Å²) in [5.41, 5.74) is 4.46. The van der Waals surface area contributed by atoms with Gasteiger partial charge in [-0.05, 0) is 36.8 Å². The molecule has 0 aliphatic carbocycles. The van der Waals surface area contributed by atoms with Crippen LogP contribution in [0.1, 0.15) is 27.0 Å². The molecule has 3 nitrogen and oxygen atoms in total. The zero-order valence-corrected chi connectivity index (χ0v) is 17.9. The van der Waals surface area contributed by atoms with E-state index in [1.807, 2.05) is 36.6 Å². The summed E-state index contributed by atoms with van der Waals surface area (Å²) in [5, 5.41) is 5.66. The van der Waals surface area contributed by atoms with E-state index in [0.717, 1.165) is 39.5 Å². The minimum Gasteiger partial charge on any atom is -0.348 e. The maximum Gasteiger partial charge on any atom is 0.416 e. The number of aryl methyl sites for hydroxylation is 1. The fourth-order valence-electron chi connectivity index (χ4n) is 3.12. The van der Waals surface area contributed by atoms with Crippen LogP contribution in [0, 0.1) is 6.92 Å². The summed E-state index contributed by atoms with van der Waals surface area (Å²) in [6, 6.07) is 20.1. The molecule has 4 rings (SSSR count). The van der Waals surface area contributed by atoms with E-state index < -0.39 is 17.6 Å². The Kier molecular flexibility index (Phi) is 6.10. The smallest absolute Gasteiger partial charge is 0.348 e. The van der Waals surface area contributed by atoms with Gasteiger partial charge in [-0.1, -0.05) is 54.1 Å². The number of nitrogens with zero attached hydrogens (tertiary/aromatic N) is 1. The monoisotopic (exact) mass is 452 g/mol. The number of nitrogens with one attached hydrogen (secondary N) is 1. The van der Waals surface area contributed by atoms with Gasteiger partial charge in [0.2, 0.25) is 0 Å². The van der Waals surface area contributed by atoms with Crippen molar-refractivity contribution in [3.8, 4) is 21.8 Å². The Balaban J connectivity index is 1.38. The molecule has 7 heteroatoms. The lowest BCUT2D eigenvalue weighted by molar-refractivity contribution is -0.137. The molecule has 1 heterocycles. The summed E-state index contributed by atoms with van der Waals surface area (Å²) in [7, 11) is 0. The van der Waals surface area contributed by atoms with E-state index in [2.05, 4.69) is 29.6 Å². The van der Waals surface area contributed by atoms with E-state index >= 15 is 0 Å². The van der Waals surface area contributed by atoms with Gasteiger partial charge in [0.25, 0.3) is 5.91 Å². The molecule has 0 radical (unpaired) electrons. The van der Waals surface area contributed by atoms with Crippen molar-refractivity contribution in [2.75, 3.05) is 0 Å². The molecule has 0 saturated carbocycles. The maximum absolute atomic E-state index is 12.6. The number of benzene rings is 3. The molecule has 0 spiro atoms. The molecule has 32 heavy (non-hydrogen) atoms. The van der Waals surface area contributed by atoms with Crippen molar-refractivity contribution < 1.29 is 18.0 Å². The van der Waals surface area contributed by atoms with Gasteiger partial charge >= 0.3 is 6.18 Å². The lowest BCUT2D eigenvalue weighted by Crippen LogP contribution is -2.22. The van der Waals surface area contributed by atoms with E-state index in [1.54, 1.807) is 11.3 Å². The molecule has 1 aromatic heterocycles. The Labute approximate surface area is 187 Å². The molecule has 0 aliphatic rings. The molecule has 0 bridgehead atoms. The second-order valence-corrected chi connectivity index (χ2v) is 8.22. The number of carbonyl (C=O) groups excluding carboxylic acids is 1. The van der Waals surface area contributed by atoms with Gasteiger partial charge in [0.1, 0.15) is 5.01 Å². The highest BCUT2D eigenvalue weighted by Gasteiger charge is 2.30. The van der Waals surface area contributed by atoms with Crippen LogP contribution in [0.15, 0.2) is 78.2 Å². The van der Waals surface area contributed by atoms with Gasteiger partial charge in [-0.25, -0.2) is 4.98 Å². The van der Waals surface area contributed by atoms with Crippen molar-refractivity contribution >= 4 is 17.2 Å². The van der Waals surface area contributed by atoms with Gasteiger partial charge in [-0.3, -0.25) is 4.79 Å². The number of amides is 1. The molecule has 1 amide bonds. The van der Waals surface area contributed by atoms with Crippen molar-refractivity contribution in [2.24, 2.45) is 0 Å². The number of rotatable bonds is 5. The van der Waals surface area contributed by atoms with E-state index in [4.69, 9.17) is 4.98 Å². The molecule has 0 aliphatic heterocycles. The molecule has 162 valence electrons. The predicted molar refractivity (Wildman–Crippen MR) is 120 cm³/mol. The first-order valence-electron chi connectivity index (χ1n) is 9.87. The van der Waals surface area contributed by atoms with Gasteiger partial charge in [0, 0.05) is 28.6 Å². The van der Waals surface area contributed by atoms with Crippen LogP contribution in [0.4, 0.5) is 13.2 Å². The first-order chi connectivity index (χ1) is 15.3. The zero-order chi connectivity index (χ0) is 22.7. The maximum atomic E-state index is 12.6. The van der Waals surface area contributed by atoms with Crippen molar-refractivity contribution in [3.63, 3.8) is 0 Å². The van der Waals surface area contributed by atoms with E-state index in [9.17, 15) is 18.0 Å². The van der Waals surface area contributed by atoms with Crippen LogP contribution in [0.25, 0.3) is 21.8 Å². The van der Waals surface area contributed by atoms with Gasteiger partial charge in [-0.15, -0.1) is 11.3 Å². The highest BCUT2D eigenvalue weighted by Crippen LogP contribution is 2.30. The third kappa shape index (κ3) is 5.06. The van der Waals surface area contributed by atoms with Crippen LogP contribution in [-0.2, 0) is 12.7 Å². The third-order valence-electron chi connectivity index (χ3n) is 4.98. The van der Waals surface area contributed by atoms with Crippen LogP contribution >= 0.6 is 11.3 Å². The van der Waals surface area contributed by atoms with Crippen LogP contribution in [-0.4, -0.2) is 10.9 Å². The molecular formula is C25H19F3N2OS. The topological polar surface area (TPSA) is 42.0 Å². The highest BCUT2D eigenvalue weighted by atomic mass is 32.1. The minimum atomic E-state index is -4.42. The number of hydrogen-bond donors (Lipinski definition) is 1. The van der Waals surface area contributed by atoms with E-state index in [0.29, 0.717) is 0 Å². The van der Waals surface area contributed by atoms with Crippen LogP contribution in [0.5, 0.6) is 0 Å². The third-order valence-corrected chi connectivity index (χ3v) is 5.87. The Morgan fingerprint density at radius 3 is 2.16 bits per heavy atom. The first-order valence-corrected chi connectivity index (χ1v) is 10.7. The van der Waals surface area contributed by atoms with E-state index in [1.165, 1.54) is 17.7 Å². The summed E-state index contributed by atoms with van der Waals surface area (Å²) >= 11 is 1.56. The molecule has 0 fully saturated rings. The molecule has 0 unspecified atom stereocenters. The number of carbonyl (C=O) groups is 1. The number of halogens is 3.